The summed E-state index contributed by atoms with van der Waals surface area (Å²) in [6, 6.07) is 13.7. The van der Waals surface area contributed by atoms with Crippen molar-refractivity contribution in [1.82, 2.24) is 0 Å². The average molecular weight is 274 g/mol. The molecular formula is C16H16ClNO. The van der Waals surface area contributed by atoms with Gasteiger partial charge in [0.15, 0.2) is 0 Å². The zero-order chi connectivity index (χ0) is 13.8. The number of halogens is 1. The van der Waals surface area contributed by atoms with Crippen LogP contribution in [0.15, 0.2) is 42.5 Å². The van der Waals surface area contributed by atoms with Crippen LogP contribution in [0.25, 0.3) is 0 Å². The van der Waals surface area contributed by atoms with Crippen molar-refractivity contribution in [3.63, 3.8) is 0 Å². The molecule has 0 saturated heterocycles. The fourth-order valence-electron chi connectivity index (χ4n) is 2.03. The highest BCUT2D eigenvalue weighted by atomic mass is 35.5. The smallest absolute Gasteiger partial charge is 0.150 e. The highest BCUT2D eigenvalue weighted by molar-refractivity contribution is 6.33. The molecule has 0 aliphatic heterocycles. The van der Waals surface area contributed by atoms with Crippen LogP contribution in [0.3, 0.4) is 0 Å². The molecule has 0 saturated carbocycles. The summed E-state index contributed by atoms with van der Waals surface area (Å²) in [7, 11) is 0. The summed E-state index contributed by atoms with van der Waals surface area (Å²) in [5.74, 6) is 0. The number of anilines is 2. The van der Waals surface area contributed by atoms with E-state index >= 15 is 0 Å². The van der Waals surface area contributed by atoms with Gasteiger partial charge < -0.3 is 4.90 Å². The molecule has 0 N–H and O–H groups in total. The van der Waals surface area contributed by atoms with E-state index in [4.69, 9.17) is 11.6 Å². The molecule has 0 spiro atoms. The Hall–Kier alpha value is -1.80. The normalized spacial score (nSPS) is 10.3. The maximum Gasteiger partial charge on any atom is 0.150 e. The molecule has 0 heterocycles. The molecule has 3 heteroatoms. The number of nitrogens with zero attached hydrogens (tertiary/aromatic N) is 1. The van der Waals surface area contributed by atoms with E-state index in [1.165, 1.54) is 5.56 Å². The zero-order valence-electron chi connectivity index (χ0n) is 11.1. The third-order valence-electron chi connectivity index (χ3n) is 3.06. The molecule has 19 heavy (non-hydrogen) atoms. The van der Waals surface area contributed by atoms with Crippen LogP contribution >= 0.6 is 11.6 Å². The highest BCUT2D eigenvalue weighted by Crippen LogP contribution is 2.32. The van der Waals surface area contributed by atoms with Gasteiger partial charge in [-0.25, -0.2) is 0 Å². The van der Waals surface area contributed by atoms with Crippen molar-refractivity contribution >= 4 is 29.3 Å². The van der Waals surface area contributed by atoms with E-state index < -0.39 is 0 Å². The van der Waals surface area contributed by atoms with Crippen LogP contribution in [0.1, 0.15) is 22.8 Å². The van der Waals surface area contributed by atoms with Crippen molar-refractivity contribution in [2.45, 2.75) is 13.8 Å². The Morgan fingerprint density at radius 1 is 1.16 bits per heavy atom. The lowest BCUT2D eigenvalue weighted by Gasteiger charge is -2.24. The number of carbonyl (C=O) groups excluding carboxylic acids is 1. The number of aryl methyl sites for hydroxylation is 1. The summed E-state index contributed by atoms with van der Waals surface area (Å²) in [6.07, 6.45) is 0.803. The SMILES string of the molecule is CCN(c1ccc(C)cc1)c1ccc(C=O)cc1Cl. The number of benzene rings is 2. The van der Waals surface area contributed by atoms with E-state index in [-0.39, 0.29) is 0 Å². The Kier molecular flexibility index (Phi) is 4.23. The predicted molar refractivity (Wildman–Crippen MR) is 80.7 cm³/mol. The zero-order valence-corrected chi connectivity index (χ0v) is 11.8. The molecule has 2 aromatic rings. The molecule has 0 aromatic heterocycles. The van der Waals surface area contributed by atoms with E-state index in [0.29, 0.717) is 10.6 Å². The van der Waals surface area contributed by atoms with Crippen molar-refractivity contribution in [2.75, 3.05) is 11.4 Å². The minimum absolute atomic E-state index is 0.590. The van der Waals surface area contributed by atoms with Crippen LogP contribution in [-0.4, -0.2) is 12.8 Å². The van der Waals surface area contributed by atoms with Gasteiger partial charge in [-0.15, -0.1) is 0 Å². The van der Waals surface area contributed by atoms with Gasteiger partial charge in [0.25, 0.3) is 0 Å². The summed E-state index contributed by atoms with van der Waals surface area (Å²) >= 11 is 6.26. The lowest BCUT2D eigenvalue weighted by atomic mass is 10.1. The van der Waals surface area contributed by atoms with Gasteiger partial charge >= 0.3 is 0 Å². The van der Waals surface area contributed by atoms with Gasteiger partial charge in [-0.1, -0.05) is 29.3 Å². The topological polar surface area (TPSA) is 20.3 Å². The molecule has 0 atom stereocenters. The molecule has 0 fully saturated rings. The molecule has 0 bridgehead atoms. The minimum Gasteiger partial charge on any atom is -0.341 e. The Balaban J connectivity index is 2.41. The molecule has 0 unspecified atom stereocenters. The van der Waals surface area contributed by atoms with Crippen LogP contribution in [0.4, 0.5) is 11.4 Å². The van der Waals surface area contributed by atoms with E-state index in [1.807, 2.05) is 6.07 Å². The van der Waals surface area contributed by atoms with Crippen LogP contribution in [0.2, 0.25) is 5.02 Å². The second-order valence-electron chi connectivity index (χ2n) is 4.41. The fraction of sp³-hybridized carbons (Fsp3) is 0.188. The summed E-state index contributed by atoms with van der Waals surface area (Å²) in [6.45, 7) is 4.94. The summed E-state index contributed by atoms with van der Waals surface area (Å²) in [4.78, 5) is 12.9. The first-order chi connectivity index (χ1) is 9.15. The third kappa shape index (κ3) is 2.96. The van der Waals surface area contributed by atoms with Crippen LogP contribution in [-0.2, 0) is 0 Å². The van der Waals surface area contributed by atoms with Gasteiger partial charge in [-0.05, 0) is 44.2 Å². The van der Waals surface area contributed by atoms with Gasteiger partial charge in [0, 0.05) is 17.8 Å². The lowest BCUT2D eigenvalue weighted by Crippen LogP contribution is -2.16. The summed E-state index contributed by atoms with van der Waals surface area (Å²) in [5, 5.41) is 0.590. The standard InChI is InChI=1S/C16H16ClNO/c1-3-18(14-7-4-12(2)5-8-14)16-9-6-13(11-19)10-15(16)17/h4-11H,3H2,1-2H3. The Bertz CT molecular complexity index is 578. The Morgan fingerprint density at radius 2 is 1.84 bits per heavy atom. The van der Waals surface area contributed by atoms with Gasteiger partial charge in [-0.2, -0.15) is 0 Å². The van der Waals surface area contributed by atoms with Crippen molar-refractivity contribution in [3.05, 3.63) is 58.6 Å². The molecule has 2 aromatic carbocycles. The largest absolute Gasteiger partial charge is 0.341 e. The molecule has 0 aliphatic carbocycles. The lowest BCUT2D eigenvalue weighted by molar-refractivity contribution is 0.112. The monoisotopic (exact) mass is 273 g/mol. The van der Waals surface area contributed by atoms with E-state index in [9.17, 15) is 4.79 Å². The third-order valence-corrected chi connectivity index (χ3v) is 3.36. The van der Waals surface area contributed by atoms with Crippen LogP contribution < -0.4 is 4.90 Å². The fourth-order valence-corrected chi connectivity index (χ4v) is 2.32. The van der Waals surface area contributed by atoms with Gasteiger partial charge in [0.05, 0.1) is 10.7 Å². The van der Waals surface area contributed by atoms with Crippen molar-refractivity contribution in [2.24, 2.45) is 0 Å². The van der Waals surface area contributed by atoms with Crippen molar-refractivity contribution in [1.29, 1.82) is 0 Å². The molecular weight excluding hydrogens is 258 g/mol. The summed E-state index contributed by atoms with van der Waals surface area (Å²) in [5.41, 5.74) is 3.82. The van der Waals surface area contributed by atoms with Crippen molar-refractivity contribution < 1.29 is 4.79 Å². The maximum atomic E-state index is 10.7. The molecule has 2 rings (SSSR count). The van der Waals surface area contributed by atoms with Gasteiger partial charge in [0.1, 0.15) is 6.29 Å². The quantitative estimate of drug-likeness (QED) is 0.758. The molecule has 98 valence electrons. The second-order valence-corrected chi connectivity index (χ2v) is 4.82. The van der Waals surface area contributed by atoms with E-state index in [2.05, 4.69) is 43.0 Å². The first-order valence-electron chi connectivity index (χ1n) is 6.24. The first kappa shape index (κ1) is 13.6. The first-order valence-corrected chi connectivity index (χ1v) is 6.62. The Labute approximate surface area is 118 Å². The molecule has 0 amide bonds. The number of aldehydes is 1. The minimum atomic E-state index is 0.590. The molecule has 0 radical (unpaired) electrons. The van der Waals surface area contributed by atoms with Crippen LogP contribution in [0, 0.1) is 6.92 Å². The summed E-state index contributed by atoms with van der Waals surface area (Å²) < 4.78 is 0. The maximum absolute atomic E-state index is 10.7. The molecule has 2 nitrogen and oxygen atoms in total. The predicted octanol–water partition coefficient (Wildman–Crippen LogP) is 4.62. The number of rotatable bonds is 4. The van der Waals surface area contributed by atoms with Gasteiger partial charge in [-0.3, -0.25) is 4.79 Å². The number of hydrogen-bond donors (Lipinski definition) is 0. The van der Waals surface area contributed by atoms with E-state index in [1.54, 1.807) is 12.1 Å². The average Bonchev–Trinajstić information content (AvgIpc) is 2.43. The second kappa shape index (κ2) is 5.89. The van der Waals surface area contributed by atoms with Gasteiger partial charge in [0.2, 0.25) is 0 Å². The number of hydrogen-bond acceptors (Lipinski definition) is 2. The molecule has 0 aliphatic rings. The van der Waals surface area contributed by atoms with Crippen LogP contribution in [0.5, 0.6) is 0 Å². The Morgan fingerprint density at radius 3 is 2.37 bits per heavy atom. The highest BCUT2D eigenvalue weighted by Gasteiger charge is 2.11. The number of carbonyl (C=O) groups is 1. The van der Waals surface area contributed by atoms with Crippen molar-refractivity contribution in [3.8, 4) is 0 Å². The van der Waals surface area contributed by atoms with E-state index in [0.717, 1.165) is 24.2 Å².